The van der Waals surface area contributed by atoms with Gasteiger partial charge < -0.3 is 5.32 Å². The van der Waals surface area contributed by atoms with Gasteiger partial charge in [-0.1, -0.05) is 31.2 Å². The molecule has 19 heavy (non-hydrogen) atoms. The molecule has 3 heteroatoms. The Bertz CT molecular complexity index is 567. The number of nitrogens with zero attached hydrogens (tertiary/aromatic N) is 2. The van der Waals surface area contributed by atoms with Gasteiger partial charge in [-0.05, 0) is 30.4 Å². The molecular formula is C16H21N3. The number of benzene rings is 1. The van der Waals surface area contributed by atoms with Crippen LogP contribution in [0.5, 0.6) is 0 Å². The van der Waals surface area contributed by atoms with Crippen molar-refractivity contribution in [3.63, 3.8) is 0 Å². The topological polar surface area (TPSA) is 29.9 Å². The SMILES string of the molecule is CCc1nn(C)cc1-c1ccccc1CNC1CC1. The molecule has 2 aromatic rings. The Morgan fingerprint density at radius 2 is 2.05 bits per heavy atom. The lowest BCUT2D eigenvalue weighted by Gasteiger charge is -2.10. The van der Waals surface area contributed by atoms with Crippen molar-refractivity contribution in [2.24, 2.45) is 7.05 Å². The highest BCUT2D eigenvalue weighted by molar-refractivity contribution is 5.69. The van der Waals surface area contributed by atoms with Gasteiger partial charge in [0.2, 0.25) is 0 Å². The average molecular weight is 255 g/mol. The summed E-state index contributed by atoms with van der Waals surface area (Å²) in [4.78, 5) is 0. The van der Waals surface area contributed by atoms with Crippen molar-refractivity contribution in [2.75, 3.05) is 0 Å². The lowest BCUT2D eigenvalue weighted by Crippen LogP contribution is -2.15. The van der Waals surface area contributed by atoms with E-state index in [1.807, 2.05) is 11.7 Å². The van der Waals surface area contributed by atoms with Crippen molar-refractivity contribution in [3.05, 3.63) is 41.7 Å². The molecule has 3 rings (SSSR count). The standard InChI is InChI=1S/C16H21N3/c1-3-16-15(11-19(2)18-16)14-7-5-4-6-12(14)10-17-13-8-9-13/h4-7,11,13,17H,3,8-10H2,1-2H3. The first-order valence-corrected chi connectivity index (χ1v) is 7.12. The average Bonchev–Trinajstić information content (AvgIpc) is 3.18. The van der Waals surface area contributed by atoms with E-state index in [2.05, 4.69) is 47.8 Å². The third-order valence-corrected chi connectivity index (χ3v) is 3.71. The molecule has 0 aliphatic heterocycles. The molecule has 1 heterocycles. The molecule has 1 aromatic heterocycles. The lowest BCUT2D eigenvalue weighted by molar-refractivity contribution is 0.688. The number of nitrogens with one attached hydrogen (secondary N) is 1. The summed E-state index contributed by atoms with van der Waals surface area (Å²) in [6.45, 7) is 3.12. The van der Waals surface area contributed by atoms with E-state index in [0.717, 1.165) is 19.0 Å². The summed E-state index contributed by atoms with van der Waals surface area (Å²) in [7, 11) is 1.99. The molecular weight excluding hydrogens is 234 g/mol. The maximum atomic E-state index is 4.55. The highest BCUT2D eigenvalue weighted by Crippen LogP contribution is 2.28. The van der Waals surface area contributed by atoms with E-state index in [-0.39, 0.29) is 0 Å². The Morgan fingerprint density at radius 3 is 2.79 bits per heavy atom. The minimum atomic E-state index is 0.743. The molecule has 3 nitrogen and oxygen atoms in total. The smallest absolute Gasteiger partial charge is 0.0700 e. The molecule has 0 radical (unpaired) electrons. The van der Waals surface area contributed by atoms with E-state index in [9.17, 15) is 0 Å². The maximum absolute atomic E-state index is 4.55. The summed E-state index contributed by atoms with van der Waals surface area (Å²) in [6.07, 6.45) is 5.76. The fourth-order valence-corrected chi connectivity index (χ4v) is 2.50. The zero-order chi connectivity index (χ0) is 13.2. The molecule has 0 atom stereocenters. The van der Waals surface area contributed by atoms with Gasteiger partial charge in [0.25, 0.3) is 0 Å². The van der Waals surface area contributed by atoms with Crippen LogP contribution in [0.4, 0.5) is 0 Å². The van der Waals surface area contributed by atoms with Gasteiger partial charge in [0.15, 0.2) is 0 Å². The minimum absolute atomic E-state index is 0.743. The first-order chi connectivity index (χ1) is 9.28. The summed E-state index contributed by atoms with van der Waals surface area (Å²) in [5, 5.41) is 8.15. The molecule has 100 valence electrons. The Kier molecular flexibility index (Phi) is 3.38. The van der Waals surface area contributed by atoms with Crippen molar-refractivity contribution in [1.82, 2.24) is 15.1 Å². The molecule has 1 aliphatic carbocycles. The van der Waals surface area contributed by atoms with E-state index in [1.165, 1.54) is 35.2 Å². The second-order valence-corrected chi connectivity index (χ2v) is 5.33. The molecule has 1 aliphatic rings. The van der Waals surface area contributed by atoms with Crippen LogP contribution >= 0.6 is 0 Å². The van der Waals surface area contributed by atoms with Crippen LogP contribution in [0.15, 0.2) is 30.5 Å². The number of aromatic nitrogens is 2. The second-order valence-electron chi connectivity index (χ2n) is 5.33. The second kappa shape index (κ2) is 5.17. The Balaban J connectivity index is 1.93. The lowest BCUT2D eigenvalue weighted by atomic mass is 9.99. The fourth-order valence-electron chi connectivity index (χ4n) is 2.50. The molecule has 1 N–H and O–H groups in total. The van der Waals surface area contributed by atoms with Crippen LogP contribution in [0.25, 0.3) is 11.1 Å². The Hall–Kier alpha value is -1.61. The van der Waals surface area contributed by atoms with Crippen LogP contribution in [0.1, 0.15) is 31.0 Å². The molecule has 1 fully saturated rings. The van der Waals surface area contributed by atoms with E-state index in [1.54, 1.807) is 0 Å². The van der Waals surface area contributed by atoms with Gasteiger partial charge in [0.1, 0.15) is 0 Å². The Morgan fingerprint density at radius 1 is 1.26 bits per heavy atom. The molecule has 1 saturated carbocycles. The zero-order valence-corrected chi connectivity index (χ0v) is 11.7. The molecule has 0 saturated heterocycles. The Labute approximate surface area is 114 Å². The van der Waals surface area contributed by atoms with Crippen LogP contribution < -0.4 is 5.32 Å². The summed E-state index contributed by atoms with van der Waals surface area (Å²) in [5.41, 5.74) is 5.15. The summed E-state index contributed by atoms with van der Waals surface area (Å²) >= 11 is 0. The molecule has 0 amide bonds. The van der Waals surface area contributed by atoms with Gasteiger partial charge in [0.05, 0.1) is 5.69 Å². The van der Waals surface area contributed by atoms with E-state index in [4.69, 9.17) is 0 Å². The quantitative estimate of drug-likeness (QED) is 0.890. The largest absolute Gasteiger partial charge is 0.310 e. The first kappa shape index (κ1) is 12.4. The highest BCUT2D eigenvalue weighted by atomic mass is 15.2. The predicted octanol–water partition coefficient (Wildman–Crippen LogP) is 2.90. The summed E-state index contributed by atoms with van der Waals surface area (Å²) < 4.78 is 1.92. The van der Waals surface area contributed by atoms with Gasteiger partial charge in [-0.15, -0.1) is 0 Å². The monoisotopic (exact) mass is 255 g/mol. The summed E-state index contributed by atoms with van der Waals surface area (Å²) in [5.74, 6) is 0. The molecule has 0 unspecified atom stereocenters. The number of rotatable bonds is 5. The third kappa shape index (κ3) is 2.71. The molecule has 0 bridgehead atoms. The van der Waals surface area contributed by atoms with Gasteiger partial charge in [-0.2, -0.15) is 5.10 Å². The van der Waals surface area contributed by atoms with E-state index >= 15 is 0 Å². The fraction of sp³-hybridized carbons (Fsp3) is 0.438. The van der Waals surface area contributed by atoms with Crippen LogP contribution in [-0.4, -0.2) is 15.8 Å². The van der Waals surface area contributed by atoms with Crippen molar-refractivity contribution in [1.29, 1.82) is 0 Å². The maximum Gasteiger partial charge on any atom is 0.0700 e. The predicted molar refractivity (Wildman–Crippen MR) is 77.9 cm³/mol. The van der Waals surface area contributed by atoms with Crippen molar-refractivity contribution < 1.29 is 0 Å². The van der Waals surface area contributed by atoms with Crippen molar-refractivity contribution >= 4 is 0 Å². The van der Waals surface area contributed by atoms with Gasteiger partial charge in [0, 0.05) is 31.4 Å². The van der Waals surface area contributed by atoms with Gasteiger partial charge in [-0.3, -0.25) is 4.68 Å². The normalized spacial score (nSPS) is 14.8. The minimum Gasteiger partial charge on any atom is -0.310 e. The first-order valence-electron chi connectivity index (χ1n) is 7.12. The van der Waals surface area contributed by atoms with Gasteiger partial charge >= 0.3 is 0 Å². The third-order valence-electron chi connectivity index (χ3n) is 3.71. The van der Waals surface area contributed by atoms with Crippen LogP contribution in [0.3, 0.4) is 0 Å². The molecule has 0 spiro atoms. The van der Waals surface area contributed by atoms with E-state index in [0.29, 0.717) is 0 Å². The number of hydrogen-bond acceptors (Lipinski definition) is 2. The van der Waals surface area contributed by atoms with Crippen LogP contribution in [-0.2, 0) is 20.0 Å². The van der Waals surface area contributed by atoms with Gasteiger partial charge in [-0.25, -0.2) is 0 Å². The van der Waals surface area contributed by atoms with Crippen LogP contribution in [0.2, 0.25) is 0 Å². The van der Waals surface area contributed by atoms with Crippen LogP contribution in [0, 0.1) is 0 Å². The zero-order valence-electron chi connectivity index (χ0n) is 11.7. The van der Waals surface area contributed by atoms with Crippen molar-refractivity contribution in [3.8, 4) is 11.1 Å². The number of aryl methyl sites for hydroxylation is 2. The van der Waals surface area contributed by atoms with E-state index < -0.39 is 0 Å². The highest BCUT2D eigenvalue weighted by Gasteiger charge is 2.21. The van der Waals surface area contributed by atoms with Crippen molar-refractivity contribution in [2.45, 2.75) is 38.8 Å². The number of hydrogen-bond donors (Lipinski definition) is 1. The molecule has 1 aromatic carbocycles. The summed E-state index contributed by atoms with van der Waals surface area (Å²) in [6, 6.07) is 9.40.